The number of benzene rings is 1. The first-order chi connectivity index (χ1) is 9.83. The maximum absolute atomic E-state index is 5.38. The summed E-state index contributed by atoms with van der Waals surface area (Å²) >= 11 is 3.57. The Labute approximate surface area is 128 Å². The van der Waals surface area contributed by atoms with Crippen molar-refractivity contribution in [2.75, 3.05) is 31.2 Å². The van der Waals surface area contributed by atoms with Crippen LogP contribution in [0.4, 0.5) is 5.69 Å². The third kappa shape index (κ3) is 3.61. The normalized spacial score (nSPS) is 14.7. The monoisotopic (exact) mass is 337 g/mol. The van der Waals surface area contributed by atoms with Crippen molar-refractivity contribution in [3.63, 3.8) is 0 Å². The van der Waals surface area contributed by atoms with Crippen LogP contribution in [0.1, 0.15) is 13.8 Å². The van der Waals surface area contributed by atoms with Crippen molar-refractivity contribution < 1.29 is 4.74 Å². The molecule has 1 fully saturated rings. The second-order valence-electron chi connectivity index (χ2n) is 4.22. The van der Waals surface area contributed by atoms with Gasteiger partial charge in [0.05, 0.1) is 18.9 Å². The van der Waals surface area contributed by atoms with Crippen molar-refractivity contribution in [1.29, 1.82) is 0 Å². The van der Waals surface area contributed by atoms with Gasteiger partial charge in [-0.3, -0.25) is 0 Å². The molecule has 1 aliphatic heterocycles. The van der Waals surface area contributed by atoms with Crippen molar-refractivity contribution >= 4 is 21.6 Å². The van der Waals surface area contributed by atoms with Gasteiger partial charge in [0, 0.05) is 35.6 Å². The SMILES string of the molecule is Brc1cc(N2CCOCC2)cc(-n2cccn2)c1.CC. The Balaban J connectivity index is 0.000000704. The van der Waals surface area contributed by atoms with Crippen LogP contribution in [-0.4, -0.2) is 36.1 Å². The van der Waals surface area contributed by atoms with Crippen LogP contribution in [-0.2, 0) is 4.74 Å². The summed E-state index contributed by atoms with van der Waals surface area (Å²) in [5.41, 5.74) is 2.27. The molecule has 0 aliphatic carbocycles. The molecule has 2 aromatic rings. The lowest BCUT2D eigenvalue weighted by Crippen LogP contribution is -2.36. The van der Waals surface area contributed by atoms with Crippen LogP contribution in [0.3, 0.4) is 0 Å². The number of anilines is 1. The highest BCUT2D eigenvalue weighted by Gasteiger charge is 2.12. The molecule has 0 amide bonds. The molecule has 0 unspecified atom stereocenters. The summed E-state index contributed by atoms with van der Waals surface area (Å²) in [6.07, 6.45) is 3.74. The summed E-state index contributed by atoms with van der Waals surface area (Å²) < 4.78 is 8.32. The number of aromatic nitrogens is 2. The van der Waals surface area contributed by atoms with Crippen LogP contribution in [0.15, 0.2) is 41.1 Å². The topological polar surface area (TPSA) is 30.3 Å². The highest BCUT2D eigenvalue weighted by Crippen LogP contribution is 2.25. The zero-order chi connectivity index (χ0) is 14.4. The first kappa shape index (κ1) is 15.1. The first-order valence-corrected chi connectivity index (χ1v) is 7.75. The molecule has 0 radical (unpaired) electrons. The van der Waals surface area contributed by atoms with E-state index in [1.165, 1.54) is 5.69 Å². The molecular weight excluding hydrogens is 318 g/mol. The third-order valence-electron chi connectivity index (χ3n) is 3.01. The minimum Gasteiger partial charge on any atom is -0.378 e. The van der Waals surface area contributed by atoms with E-state index in [0.29, 0.717) is 0 Å². The number of morpholine rings is 1. The van der Waals surface area contributed by atoms with Crippen LogP contribution >= 0.6 is 15.9 Å². The molecule has 0 N–H and O–H groups in total. The van der Waals surface area contributed by atoms with Crippen LogP contribution < -0.4 is 4.90 Å². The van der Waals surface area contributed by atoms with Crippen LogP contribution in [0.2, 0.25) is 0 Å². The zero-order valence-electron chi connectivity index (χ0n) is 11.9. The predicted octanol–water partition coefficient (Wildman–Crippen LogP) is 3.50. The molecule has 20 heavy (non-hydrogen) atoms. The Kier molecular flexibility index (Phi) is 5.61. The smallest absolute Gasteiger partial charge is 0.0677 e. The molecule has 1 aromatic heterocycles. The van der Waals surface area contributed by atoms with E-state index in [2.05, 4.69) is 44.1 Å². The van der Waals surface area contributed by atoms with E-state index in [4.69, 9.17) is 4.74 Å². The summed E-state index contributed by atoms with van der Waals surface area (Å²) in [5.74, 6) is 0. The number of rotatable bonds is 2. The van der Waals surface area contributed by atoms with E-state index in [0.717, 1.165) is 36.5 Å². The maximum atomic E-state index is 5.38. The lowest BCUT2D eigenvalue weighted by atomic mass is 10.2. The van der Waals surface area contributed by atoms with E-state index in [-0.39, 0.29) is 0 Å². The van der Waals surface area contributed by atoms with Crippen LogP contribution in [0.5, 0.6) is 0 Å². The van der Waals surface area contributed by atoms with Crippen molar-refractivity contribution in [1.82, 2.24) is 9.78 Å². The summed E-state index contributed by atoms with van der Waals surface area (Å²) in [4.78, 5) is 2.33. The van der Waals surface area contributed by atoms with Gasteiger partial charge in [-0.25, -0.2) is 4.68 Å². The Hall–Kier alpha value is -1.33. The van der Waals surface area contributed by atoms with Gasteiger partial charge < -0.3 is 9.64 Å². The van der Waals surface area contributed by atoms with Gasteiger partial charge in [-0.2, -0.15) is 5.10 Å². The fraction of sp³-hybridized carbons (Fsp3) is 0.400. The molecule has 0 saturated carbocycles. The number of hydrogen-bond donors (Lipinski definition) is 0. The summed E-state index contributed by atoms with van der Waals surface area (Å²) in [7, 11) is 0. The molecular formula is C15H20BrN3O. The van der Waals surface area contributed by atoms with Crippen LogP contribution in [0.25, 0.3) is 5.69 Å². The fourth-order valence-electron chi connectivity index (χ4n) is 2.12. The predicted molar refractivity (Wildman–Crippen MR) is 85.6 cm³/mol. The van der Waals surface area contributed by atoms with Crippen molar-refractivity contribution in [3.8, 4) is 5.69 Å². The Bertz CT molecular complexity index is 522. The Morgan fingerprint density at radius 3 is 2.45 bits per heavy atom. The molecule has 1 aromatic carbocycles. The van der Waals surface area contributed by atoms with E-state index in [1.807, 2.05) is 30.8 Å². The van der Waals surface area contributed by atoms with Crippen molar-refractivity contribution in [2.45, 2.75) is 13.8 Å². The summed E-state index contributed by atoms with van der Waals surface area (Å²) in [6.45, 7) is 7.47. The van der Waals surface area contributed by atoms with E-state index < -0.39 is 0 Å². The maximum Gasteiger partial charge on any atom is 0.0677 e. The lowest BCUT2D eigenvalue weighted by molar-refractivity contribution is 0.122. The minimum atomic E-state index is 0.795. The molecule has 4 nitrogen and oxygen atoms in total. The molecule has 1 saturated heterocycles. The second-order valence-corrected chi connectivity index (χ2v) is 5.13. The number of ether oxygens (including phenoxy) is 1. The fourth-order valence-corrected chi connectivity index (χ4v) is 2.59. The Morgan fingerprint density at radius 1 is 1.10 bits per heavy atom. The van der Waals surface area contributed by atoms with Crippen LogP contribution in [0, 0.1) is 0 Å². The highest BCUT2D eigenvalue weighted by atomic mass is 79.9. The summed E-state index contributed by atoms with van der Waals surface area (Å²) in [6, 6.07) is 8.29. The third-order valence-corrected chi connectivity index (χ3v) is 3.47. The van der Waals surface area contributed by atoms with Gasteiger partial charge in [-0.15, -0.1) is 0 Å². The number of halogens is 1. The van der Waals surface area contributed by atoms with Gasteiger partial charge in [0.15, 0.2) is 0 Å². The van der Waals surface area contributed by atoms with Gasteiger partial charge in [0.2, 0.25) is 0 Å². The van der Waals surface area contributed by atoms with Gasteiger partial charge in [0.1, 0.15) is 0 Å². The Morgan fingerprint density at radius 2 is 1.80 bits per heavy atom. The molecule has 3 rings (SSSR count). The standard InChI is InChI=1S/C13H14BrN3O.C2H6/c14-11-8-12(16-4-6-18-7-5-16)10-13(9-11)17-3-1-2-15-17;1-2/h1-3,8-10H,4-7H2;1-2H3. The van der Waals surface area contributed by atoms with Gasteiger partial charge >= 0.3 is 0 Å². The van der Waals surface area contributed by atoms with Gasteiger partial charge in [-0.1, -0.05) is 29.8 Å². The van der Waals surface area contributed by atoms with Gasteiger partial charge in [-0.05, 0) is 24.3 Å². The molecule has 108 valence electrons. The number of hydrogen-bond acceptors (Lipinski definition) is 3. The molecule has 0 spiro atoms. The quantitative estimate of drug-likeness (QED) is 0.840. The molecule has 0 bridgehead atoms. The molecule has 0 atom stereocenters. The molecule has 1 aliphatic rings. The highest BCUT2D eigenvalue weighted by molar-refractivity contribution is 9.10. The average Bonchev–Trinajstić information content (AvgIpc) is 3.04. The first-order valence-electron chi connectivity index (χ1n) is 6.96. The van der Waals surface area contributed by atoms with Gasteiger partial charge in [0.25, 0.3) is 0 Å². The molecule has 2 heterocycles. The average molecular weight is 338 g/mol. The zero-order valence-corrected chi connectivity index (χ0v) is 13.5. The second kappa shape index (κ2) is 7.45. The van der Waals surface area contributed by atoms with E-state index >= 15 is 0 Å². The van der Waals surface area contributed by atoms with Crippen molar-refractivity contribution in [2.24, 2.45) is 0 Å². The largest absolute Gasteiger partial charge is 0.378 e. The molecule has 5 heteroatoms. The minimum absolute atomic E-state index is 0.795. The van der Waals surface area contributed by atoms with E-state index in [9.17, 15) is 0 Å². The van der Waals surface area contributed by atoms with Crippen molar-refractivity contribution in [3.05, 3.63) is 41.1 Å². The summed E-state index contributed by atoms with van der Waals surface area (Å²) in [5, 5.41) is 4.27. The lowest BCUT2D eigenvalue weighted by Gasteiger charge is -2.29. The van der Waals surface area contributed by atoms with E-state index in [1.54, 1.807) is 6.20 Å². The number of nitrogens with zero attached hydrogens (tertiary/aromatic N) is 3.